The van der Waals surface area contributed by atoms with E-state index in [2.05, 4.69) is 0 Å². The highest BCUT2D eigenvalue weighted by Gasteiger charge is 2.15. The average molecular weight is 169 g/mol. The third kappa shape index (κ3) is 3.24. The predicted octanol–water partition coefficient (Wildman–Crippen LogP) is 2.48. The summed E-state index contributed by atoms with van der Waals surface area (Å²) in [6.45, 7) is 1.72. The molecule has 12 heavy (non-hydrogen) atoms. The minimum atomic E-state index is -0.165. The first kappa shape index (κ1) is 9.56. The van der Waals surface area contributed by atoms with Crippen molar-refractivity contribution < 1.29 is 9.53 Å². The Labute approximate surface area is 74.3 Å². The van der Waals surface area contributed by atoms with Crippen LogP contribution in [0.4, 0.5) is 0 Å². The first-order valence-electron chi connectivity index (χ1n) is 4.83. The van der Waals surface area contributed by atoms with Gasteiger partial charge in [0.05, 0.1) is 6.42 Å². The van der Waals surface area contributed by atoms with Crippen LogP contribution in [0.5, 0.6) is 0 Å². The molecule has 1 aliphatic carbocycles. The van der Waals surface area contributed by atoms with Crippen molar-refractivity contribution in [2.24, 2.45) is 0 Å². The summed E-state index contributed by atoms with van der Waals surface area (Å²) < 4.78 is 5.23. The van der Waals surface area contributed by atoms with Gasteiger partial charge >= 0.3 is 5.97 Å². The van der Waals surface area contributed by atoms with Crippen LogP contribution in [0.3, 0.4) is 0 Å². The van der Waals surface area contributed by atoms with Crippen LogP contribution in [-0.2, 0) is 9.53 Å². The van der Waals surface area contributed by atoms with Crippen molar-refractivity contribution in [3.63, 3.8) is 0 Å². The fourth-order valence-corrected chi connectivity index (χ4v) is 1.59. The van der Waals surface area contributed by atoms with Crippen LogP contribution in [-0.4, -0.2) is 12.1 Å². The van der Waals surface area contributed by atoms with Crippen LogP contribution in [0.15, 0.2) is 0 Å². The predicted molar refractivity (Wildman–Crippen MR) is 47.6 cm³/mol. The molecular weight excluding hydrogens is 152 g/mol. The Morgan fingerprint density at radius 2 is 1.83 bits per heavy atom. The topological polar surface area (TPSA) is 26.3 Å². The SMILES string of the molecule is C[CH]C(=O)OC1CCCCCC1. The van der Waals surface area contributed by atoms with Gasteiger partial charge in [0, 0.05) is 0 Å². The van der Waals surface area contributed by atoms with E-state index in [0.717, 1.165) is 12.8 Å². The molecule has 0 aromatic rings. The van der Waals surface area contributed by atoms with E-state index < -0.39 is 0 Å². The van der Waals surface area contributed by atoms with E-state index >= 15 is 0 Å². The highest BCUT2D eigenvalue weighted by Crippen LogP contribution is 2.19. The van der Waals surface area contributed by atoms with Gasteiger partial charge in [0.2, 0.25) is 0 Å². The van der Waals surface area contributed by atoms with Gasteiger partial charge in [-0.05, 0) is 25.7 Å². The van der Waals surface area contributed by atoms with Crippen molar-refractivity contribution >= 4 is 5.97 Å². The van der Waals surface area contributed by atoms with Crippen LogP contribution in [0.25, 0.3) is 0 Å². The lowest BCUT2D eigenvalue weighted by Gasteiger charge is -2.14. The molecule has 0 aromatic heterocycles. The number of esters is 1. The molecule has 0 heterocycles. The van der Waals surface area contributed by atoms with Gasteiger partial charge in [0.25, 0.3) is 0 Å². The number of rotatable bonds is 2. The fourth-order valence-electron chi connectivity index (χ4n) is 1.59. The molecule has 0 unspecified atom stereocenters. The first-order chi connectivity index (χ1) is 5.83. The molecular formula is C10H17O2. The van der Waals surface area contributed by atoms with Crippen LogP contribution in [0.1, 0.15) is 45.4 Å². The van der Waals surface area contributed by atoms with Gasteiger partial charge in [-0.3, -0.25) is 4.79 Å². The lowest BCUT2D eigenvalue weighted by molar-refractivity contribution is -0.145. The van der Waals surface area contributed by atoms with Gasteiger partial charge in [0.15, 0.2) is 0 Å². The van der Waals surface area contributed by atoms with Crippen molar-refractivity contribution in [1.29, 1.82) is 0 Å². The molecule has 0 saturated heterocycles. The summed E-state index contributed by atoms with van der Waals surface area (Å²) >= 11 is 0. The van der Waals surface area contributed by atoms with Gasteiger partial charge < -0.3 is 4.74 Å². The summed E-state index contributed by atoms with van der Waals surface area (Å²) in [6.07, 6.45) is 8.80. The van der Waals surface area contributed by atoms with Crippen LogP contribution in [0.2, 0.25) is 0 Å². The second kappa shape index (κ2) is 5.18. The summed E-state index contributed by atoms with van der Waals surface area (Å²) in [7, 11) is 0. The Bertz CT molecular complexity index is 135. The Balaban J connectivity index is 2.24. The summed E-state index contributed by atoms with van der Waals surface area (Å²) in [5.74, 6) is -0.165. The molecule has 1 aliphatic rings. The maximum atomic E-state index is 10.9. The largest absolute Gasteiger partial charge is 0.462 e. The van der Waals surface area contributed by atoms with E-state index in [4.69, 9.17) is 4.74 Å². The highest BCUT2D eigenvalue weighted by atomic mass is 16.5. The van der Waals surface area contributed by atoms with Crippen LogP contribution < -0.4 is 0 Å². The van der Waals surface area contributed by atoms with Gasteiger partial charge in [-0.15, -0.1) is 0 Å². The van der Waals surface area contributed by atoms with Crippen LogP contribution >= 0.6 is 0 Å². The van der Waals surface area contributed by atoms with E-state index in [1.807, 2.05) is 0 Å². The zero-order valence-electron chi connectivity index (χ0n) is 7.71. The average Bonchev–Trinajstić information content (AvgIpc) is 2.33. The van der Waals surface area contributed by atoms with Crippen molar-refractivity contribution in [2.45, 2.75) is 51.6 Å². The first-order valence-corrected chi connectivity index (χ1v) is 4.83. The lowest BCUT2D eigenvalue weighted by Crippen LogP contribution is -2.16. The zero-order valence-corrected chi connectivity index (χ0v) is 7.71. The number of hydrogen-bond donors (Lipinski definition) is 0. The summed E-state index contributed by atoms with van der Waals surface area (Å²) in [4.78, 5) is 10.9. The van der Waals surface area contributed by atoms with Gasteiger partial charge in [-0.1, -0.05) is 19.8 Å². The Morgan fingerprint density at radius 1 is 1.25 bits per heavy atom. The molecule has 0 spiro atoms. The van der Waals surface area contributed by atoms with Crippen molar-refractivity contribution in [3.05, 3.63) is 6.42 Å². The number of hydrogen-bond acceptors (Lipinski definition) is 2. The number of ether oxygens (including phenoxy) is 1. The molecule has 0 N–H and O–H groups in total. The number of carbonyl (C=O) groups is 1. The van der Waals surface area contributed by atoms with Gasteiger partial charge in [-0.2, -0.15) is 0 Å². The monoisotopic (exact) mass is 169 g/mol. The summed E-state index contributed by atoms with van der Waals surface area (Å²) in [5.41, 5.74) is 0. The van der Waals surface area contributed by atoms with Gasteiger partial charge in [0.1, 0.15) is 6.10 Å². The summed E-state index contributed by atoms with van der Waals surface area (Å²) in [6, 6.07) is 0. The molecule has 2 heteroatoms. The lowest BCUT2D eigenvalue weighted by atomic mass is 10.1. The normalized spacial score (nSPS) is 20.1. The standard InChI is InChI=1S/C10H17O2/c1-2-10(11)12-9-7-5-3-4-6-8-9/h2,9H,3-8H2,1H3. The van der Waals surface area contributed by atoms with Crippen molar-refractivity contribution in [1.82, 2.24) is 0 Å². The summed E-state index contributed by atoms with van der Waals surface area (Å²) in [5, 5.41) is 0. The quantitative estimate of drug-likeness (QED) is 0.469. The second-order valence-electron chi connectivity index (χ2n) is 3.34. The third-order valence-electron chi connectivity index (χ3n) is 2.32. The molecule has 1 radical (unpaired) electrons. The minimum Gasteiger partial charge on any atom is -0.462 e. The Kier molecular flexibility index (Phi) is 4.12. The van der Waals surface area contributed by atoms with Crippen LogP contribution in [0, 0.1) is 6.42 Å². The van der Waals surface area contributed by atoms with E-state index in [-0.39, 0.29) is 12.1 Å². The third-order valence-corrected chi connectivity index (χ3v) is 2.32. The van der Waals surface area contributed by atoms with E-state index in [9.17, 15) is 4.79 Å². The molecule has 0 aliphatic heterocycles. The fraction of sp³-hybridized carbons (Fsp3) is 0.800. The molecule has 69 valence electrons. The molecule has 1 saturated carbocycles. The second-order valence-corrected chi connectivity index (χ2v) is 3.34. The molecule has 2 nitrogen and oxygen atoms in total. The maximum absolute atomic E-state index is 10.9. The van der Waals surface area contributed by atoms with E-state index in [0.29, 0.717) is 0 Å². The molecule has 0 amide bonds. The van der Waals surface area contributed by atoms with Crippen molar-refractivity contribution in [3.8, 4) is 0 Å². The smallest absolute Gasteiger partial charge is 0.309 e. The molecule has 0 atom stereocenters. The Hall–Kier alpha value is -0.530. The zero-order chi connectivity index (χ0) is 8.81. The highest BCUT2D eigenvalue weighted by molar-refractivity contribution is 5.78. The van der Waals surface area contributed by atoms with E-state index in [1.165, 1.54) is 32.1 Å². The van der Waals surface area contributed by atoms with E-state index in [1.54, 1.807) is 6.92 Å². The molecule has 1 fully saturated rings. The Morgan fingerprint density at radius 3 is 2.33 bits per heavy atom. The van der Waals surface area contributed by atoms with Crippen molar-refractivity contribution in [2.75, 3.05) is 0 Å². The minimum absolute atomic E-state index is 0.165. The maximum Gasteiger partial charge on any atom is 0.309 e. The molecule has 0 bridgehead atoms. The molecule has 0 aromatic carbocycles. The van der Waals surface area contributed by atoms with Gasteiger partial charge in [-0.25, -0.2) is 0 Å². The number of carbonyl (C=O) groups excluding carboxylic acids is 1. The molecule has 1 rings (SSSR count).